The zero-order valence-corrected chi connectivity index (χ0v) is 9.15. The molecule has 0 atom stereocenters. The average Bonchev–Trinajstić information content (AvgIpc) is 2.14. The Bertz CT molecular complexity index is 56.0. The van der Waals surface area contributed by atoms with Gasteiger partial charge in [-0.15, -0.1) is 0 Å². The van der Waals surface area contributed by atoms with Crippen LogP contribution in [0, 0.1) is 0 Å². The Morgan fingerprint density at radius 3 is 2.12 bits per heavy atom. The third-order valence-electron chi connectivity index (χ3n) is 0.817. The van der Waals surface area contributed by atoms with Gasteiger partial charge < -0.3 is 9.47 Å². The molecule has 2 nitrogen and oxygen atoms in total. The molecule has 1 heterocycles. The molecule has 0 aromatic carbocycles. The summed E-state index contributed by atoms with van der Waals surface area (Å²) in [5.41, 5.74) is 0. The second kappa shape index (κ2) is 4.86. The Morgan fingerprint density at radius 2 is 1.88 bits per heavy atom. The summed E-state index contributed by atoms with van der Waals surface area (Å²) in [6.45, 7) is 1.49. The molecule has 0 aromatic heterocycles. The number of hydrogen-bond acceptors (Lipinski definition) is 2. The third-order valence-corrected chi connectivity index (χ3v) is 1.35. The van der Waals surface area contributed by atoms with Crippen LogP contribution in [0.5, 0.6) is 0 Å². The Morgan fingerprint density at radius 1 is 1.38 bits per heavy atom. The minimum absolute atomic E-state index is 0. The summed E-state index contributed by atoms with van der Waals surface area (Å²) in [7, 11) is 0. The van der Waals surface area contributed by atoms with Gasteiger partial charge in [0, 0.05) is 19.5 Å². The van der Waals surface area contributed by atoms with Crippen LogP contribution < -0.4 is 0 Å². The number of hydrogen-bond donors (Lipinski definition) is 0. The molecule has 0 aromatic rings. The summed E-state index contributed by atoms with van der Waals surface area (Å²) in [4.78, 5) is 0. The smallest absolute Gasteiger partial charge is 0.167 e. The van der Waals surface area contributed by atoms with Crippen molar-refractivity contribution >= 4 is 15.9 Å². The Labute approximate surface area is 69.8 Å². The van der Waals surface area contributed by atoms with Crippen molar-refractivity contribution in [3.8, 4) is 0 Å². The van der Waals surface area contributed by atoms with Gasteiger partial charge in [0.2, 0.25) is 0 Å². The van der Waals surface area contributed by atoms with Gasteiger partial charge in [-0.2, -0.15) is 0 Å². The fourth-order valence-corrected chi connectivity index (χ4v) is 0.870. The van der Waals surface area contributed by atoms with Crippen LogP contribution in [0.2, 0.25) is 0 Å². The van der Waals surface area contributed by atoms with Crippen LogP contribution in [0.4, 0.5) is 0 Å². The van der Waals surface area contributed by atoms with Crippen molar-refractivity contribution < 1.29 is 29.0 Å². The fourth-order valence-electron chi connectivity index (χ4n) is 0.496. The zero-order valence-electron chi connectivity index (χ0n) is 4.60. The minimum Gasteiger partial charge on any atom is -0.349 e. The molecule has 1 saturated heterocycles. The van der Waals surface area contributed by atoms with Gasteiger partial charge in [-0.3, -0.25) is 0 Å². The predicted molar refractivity (Wildman–Crippen MR) is 29.5 cm³/mol. The van der Waals surface area contributed by atoms with E-state index in [9.17, 15) is 0 Å². The molecule has 1 aliphatic rings. The molecule has 1 rings (SSSR count). The maximum absolute atomic E-state index is 5.03. The molecule has 4 heteroatoms. The summed E-state index contributed by atoms with van der Waals surface area (Å²) < 4.78 is 10.1. The van der Waals surface area contributed by atoms with Crippen LogP contribution in [-0.4, -0.2) is 24.8 Å². The average molecular weight is 232 g/mol. The quantitative estimate of drug-likeness (QED) is 0.491. The van der Waals surface area contributed by atoms with Gasteiger partial charge >= 0.3 is 0 Å². The van der Waals surface area contributed by atoms with E-state index in [1.54, 1.807) is 0 Å². The molecule has 0 aliphatic carbocycles. The standard InChI is InChI=1S/C4H7BrO2.Zn/c5-3-4-6-1-2-7-4;/h4H,1-3H2;. The van der Waals surface area contributed by atoms with Crippen molar-refractivity contribution in [2.24, 2.45) is 0 Å². The van der Waals surface area contributed by atoms with Crippen molar-refractivity contribution in [3.05, 3.63) is 0 Å². The topological polar surface area (TPSA) is 18.5 Å². The Kier molecular flexibility index (Phi) is 5.48. The van der Waals surface area contributed by atoms with Crippen LogP contribution >= 0.6 is 15.9 Å². The molecule has 0 spiro atoms. The summed E-state index contributed by atoms with van der Waals surface area (Å²) in [5.74, 6) is 0. The fraction of sp³-hybridized carbons (Fsp3) is 1.00. The van der Waals surface area contributed by atoms with Crippen molar-refractivity contribution in [2.45, 2.75) is 6.29 Å². The van der Waals surface area contributed by atoms with Crippen LogP contribution in [0.3, 0.4) is 0 Å². The van der Waals surface area contributed by atoms with E-state index < -0.39 is 0 Å². The van der Waals surface area contributed by atoms with Gasteiger partial charge in [-0.05, 0) is 0 Å². The molecule has 0 radical (unpaired) electrons. The number of halogens is 1. The van der Waals surface area contributed by atoms with Crippen molar-refractivity contribution in [3.63, 3.8) is 0 Å². The Hall–Kier alpha value is 1.02. The molecule has 0 amide bonds. The number of alkyl halides is 1. The molecule has 0 bridgehead atoms. The van der Waals surface area contributed by atoms with Gasteiger partial charge in [-0.25, -0.2) is 0 Å². The Balaban J connectivity index is 0.000000490. The van der Waals surface area contributed by atoms with Gasteiger partial charge in [0.1, 0.15) is 0 Å². The van der Waals surface area contributed by atoms with Crippen LogP contribution in [-0.2, 0) is 29.0 Å². The molecule has 0 N–H and O–H groups in total. The predicted octanol–water partition coefficient (Wildman–Crippen LogP) is 0.752. The second-order valence-corrected chi connectivity index (χ2v) is 1.97. The maximum Gasteiger partial charge on any atom is 0.167 e. The zero-order chi connectivity index (χ0) is 5.11. The van der Waals surface area contributed by atoms with E-state index in [0.717, 1.165) is 18.5 Å². The van der Waals surface area contributed by atoms with E-state index in [1.165, 1.54) is 0 Å². The molecule has 44 valence electrons. The van der Waals surface area contributed by atoms with Crippen LogP contribution in [0.15, 0.2) is 0 Å². The number of rotatable bonds is 1. The van der Waals surface area contributed by atoms with E-state index in [0.29, 0.717) is 0 Å². The van der Waals surface area contributed by atoms with Gasteiger partial charge in [-0.1, -0.05) is 15.9 Å². The minimum atomic E-state index is 0. The summed E-state index contributed by atoms with van der Waals surface area (Å²) >= 11 is 3.23. The van der Waals surface area contributed by atoms with E-state index in [1.807, 2.05) is 0 Å². The first kappa shape index (κ1) is 9.02. The van der Waals surface area contributed by atoms with E-state index >= 15 is 0 Å². The first-order valence-corrected chi connectivity index (χ1v) is 3.35. The van der Waals surface area contributed by atoms with Gasteiger partial charge in [0.05, 0.1) is 18.5 Å². The maximum atomic E-state index is 5.03. The van der Waals surface area contributed by atoms with E-state index in [4.69, 9.17) is 9.47 Å². The SMILES string of the molecule is BrCC1OCCO1.[Zn]. The van der Waals surface area contributed by atoms with Crippen molar-refractivity contribution in [1.29, 1.82) is 0 Å². The third kappa shape index (κ3) is 2.54. The molecule has 1 aliphatic heterocycles. The molecule has 0 unspecified atom stereocenters. The van der Waals surface area contributed by atoms with Crippen molar-refractivity contribution in [2.75, 3.05) is 18.5 Å². The van der Waals surface area contributed by atoms with Gasteiger partial charge in [0.25, 0.3) is 0 Å². The summed E-state index contributed by atoms with van der Waals surface area (Å²) in [6.07, 6.45) is 0.0139. The van der Waals surface area contributed by atoms with Crippen LogP contribution in [0.25, 0.3) is 0 Å². The molecular formula is C4H7BrO2Zn. The first-order valence-electron chi connectivity index (χ1n) is 2.22. The monoisotopic (exact) mass is 230 g/mol. The van der Waals surface area contributed by atoms with Crippen LogP contribution in [0.1, 0.15) is 0 Å². The number of ether oxygens (including phenoxy) is 2. The first-order chi connectivity index (χ1) is 3.43. The van der Waals surface area contributed by atoms with E-state index in [2.05, 4.69) is 15.9 Å². The summed E-state index contributed by atoms with van der Waals surface area (Å²) in [5, 5.41) is 0.785. The van der Waals surface area contributed by atoms with Gasteiger partial charge in [0.15, 0.2) is 6.29 Å². The molecule has 0 saturated carbocycles. The second-order valence-electron chi connectivity index (χ2n) is 1.33. The van der Waals surface area contributed by atoms with E-state index in [-0.39, 0.29) is 25.8 Å². The normalized spacial score (nSPS) is 20.6. The molecule has 1 fully saturated rings. The summed E-state index contributed by atoms with van der Waals surface area (Å²) in [6, 6.07) is 0. The molecular weight excluding hydrogens is 225 g/mol. The van der Waals surface area contributed by atoms with Crippen molar-refractivity contribution in [1.82, 2.24) is 0 Å². The molecule has 8 heavy (non-hydrogen) atoms. The largest absolute Gasteiger partial charge is 0.349 e.